The summed E-state index contributed by atoms with van der Waals surface area (Å²) in [7, 11) is 1.64. The Hall–Kier alpha value is -2.80. The maximum atomic E-state index is 12.8. The minimum absolute atomic E-state index is 0.0990. The fraction of sp³-hybridized carbons (Fsp3) is 0.318. The van der Waals surface area contributed by atoms with Crippen LogP contribution in [0.5, 0.6) is 5.75 Å². The highest BCUT2D eigenvalue weighted by Gasteiger charge is 2.18. The Kier molecular flexibility index (Phi) is 6.59. The van der Waals surface area contributed by atoms with Crippen molar-refractivity contribution in [3.05, 3.63) is 59.9 Å². The van der Waals surface area contributed by atoms with E-state index in [1.807, 2.05) is 48.7 Å². The van der Waals surface area contributed by atoms with Gasteiger partial charge in [0.05, 0.1) is 12.9 Å². The van der Waals surface area contributed by atoms with Gasteiger partial charge >= 0.3 is 0 Å². The van der Waals surface area contributed by atoms with Gasteiger partial charge < -0.3 is 9.30 Å². The molecule has 6 nitrogen and oxygen atoms in total. The highest BCUT2D eigenvalue weighted by molar-refractivity contribution is 7.99. The number of carbonyl (C=O) groups excluding carboxylic acids is 1. The second kappa shape index (κ2) is 9.13. The number of aromatic nitrogens is 4. The molecule has 0 spiro atoms. The van der Waals surface area contributed by atoms with E-state index in [-0.39, 0.29) is 5.78 Å². The molecule has 0 bridgehead atoms. The van der Waals surface area contributed by atoms with E-state index >= 15 is 0 Å². The summed E-state index contributed by atoms with van der Waals surface area (Å²) in [4.78, 5) is 12.8. The number of carbonyl (C=O) groups is 1. The van der Waals surface area contributed by atoms with Crippen LogP contribution in [0.1, 0.15) is 28.7 Å². The molecule has 0 aliphatic carbocycles. The number of thioether (sulfide) groups is 1. The first-order valence-electron chi connectivity index (χ1n) is 9.51. The minimum atomic E-state index is 0.0990. The number of ether oxygens (including phenoxy) is 1. The summed E-state index contributed by atoms with van der Waals surface area (Å²) in [5.41, 5.74) is 3.84. The van der Waals surface area contributed by atoms with Gasteiger partial charge in [0.1, 0.15) is 5.75 Å². The summed E-state index contributed by atoms with van der Waals surface area (Å²) in [6.45, 7) is 11.4. The van der Waals surface area contributed by atoms with Gasteiger partial charge in [0.25, 0.3) is 0 Å². The van der Waals surface area contributed by atoms with Crippen molar-refractivity contribution in [2.75, 3.05) is 12.9 Å². The number of hydrogen-bond donors (Lipinski definition) is 0. The molecule has 0 atom stereocenters. The molecular weight excluding hydrogens is 384 g/mol. The molecule has 2 heterocycles. The zero-order valence-electron chi connectivity index (χ0n) is 17.3. The Bertz CT molecular complexity index is 1020. The van der Waals surface area contributed by atoms with Gasteiger partial charge in [0.15, 0.2) is 16.8 Å². The summed E-state index contributed by atoms with van der Waals surface area (Å²) < 4.78 is 9.35. The number of Topliss-reactive ketones (excluding diaryl/α,β-unsaturated/α-hetero) is 1. The van der Waals surface area contributed by atoms with Crippen molar-refractivity contribution in [3.63, 3.8) is 0 Å². The lowest BCUT2D eigenvalue weighted by Gasteiger charge is -2.08. The van der Waals surface area contributed by atoms with E-state index < -0.39 is 0 Å². The summed E-state index contributed by atoms with van der Waals surface area (Å²) >= 11 is 1.40. The van der Waals surface area contributed by atoms with Gasteiger partial charge in [-0.15, -0.1) is 16.8 Å². The topological polar surface area (TPSA) is 61.9 Å². The molecule has 3 aromatic rings. The maximum Gasteiger partial charge on any atom is 0.192 e. The number of hydrogen-bond acceptors (Lipinski definition) is 5. The van der Waals surface area contributed by atoms with E-state index in [1.54, 1.807) is 13.2 Å². The van der Waals surface area contributed by atoms with Crippen molar-refractivity contribution in [1.82, 2.24) is 19.3 Å². The summed E-state index contributed by atoms with van der Waals surface area (Å²) in [6.07, 6.45) is 1.80. The van der Waals surface area contributed by atoms with Gasteiger partial charge in [-0.25, -0.2) is 0 Å². The number of benzene rings is 1. The fourth-order valence-electron chi connectivity index (χ4n) is 3.42. The average Bonchev–Trinajstić information content (AvgIpc) is 3.26. The van der Waals surface area contributed by atoms with E-state index in [4.69, 9.17) is 4.74 Å². The van der Waals surface area contributed by atoms with Crippen LogP contribution in [0, 0.1) is 13.8 Å². The average molecular weight is 411 g/mol. The lowest BCUT2D eigenvalue weighted by Crippen LogP contribution is -2.07. The fourth-order valence-corrected chi connectivity index (χ4v) is 4.25. The van der Waals surface area contributed by atoms with Crippen molar-refractivity contribution in [3.8, 4) is 17.1 Å². The van der Waals surface area contributed by atoms with Crippen molar-refractivity contribution in [1.29, 1.82) is 0 Å². The lowest BCUT2D eigenvalue weighted by atomic mass is 10.2. The van der Waals surface area contributed by atoms with Crippen molar-refractivity contribution in [2.24, 2.45) is 0 Å². The number of nitrogens with zero attached hydrogens (tertiary/aromatic N) is 4. The van der Waals surface area contributed by atoms with Crippen LogP contribution in [-0.2, 0) is 13.1 Å². The summed E-state index contributed by atoms with van der Waals surface area (Å²) in [5, 5.41) is 9.37. The molecule has 0 saturated carbocycles. The van der Waals surface area contributed by atoms with Crippen LogP contribution < -0.4 is 4.74 Å². The minimum Gasteiger partial charge on any atom is -0.497 e. The predicted octanol–water partition coefficient (Wildman–Crippen LogP) is 4.55. The number of rotatable bonds is 9. The molecule has 0 aliphatic heterocycles. The van der Waals surface area contributed by atoms with E-state index in [0.717, 1.165) is 40.6 Å². The number of aryl methyl sites for hydroxylation is 1. The van der Waals surface area contributed by atoms with E-state index in [2.05, 4.69) is 28.3 Å². The molecule has 0 radical (unpaired) electrons. The van der Waals surface area contributed by atoms with Crippen LogP contribution >= 0.6 is 11.8 Å². The molecule has 2 aromatic heterocycles. The van der Waals surface area contributed by atoms with Crippen LogP contribution in [0.2, 0.25) is 0 Å². The molecule has 3 rings (SSSR count). The molecule has 0 amide bonds. The Balaban J connectivity index is 1.81. The maximum absolute atomic E-state index is 12.8. The van der Waals surface area contributed by atoms with Gasteiger partial charge in [-0.3, -0.25) is 9.36 Å². The lowest BCUT2D eigenvalue weighted by molar-refractivity contribution is 0.102. The van der Waals surface area contributed by atoms with Gasteiger partial charge in [0, 0.05) is 35.6 Å². The zero-order valence-corrected chi connectivity index (χ0v) is 18.1. The van der Waals surface area contributed by atoms with Crippen molar-refractivity contribution in [2.45, 2.75) is 39.0 Å². The monoisotopic (exact) mass is 410 g/mol. The second-order valence-corrected chi connectivity index (χ2v) is 7.62. The van der Waals surface area contributed by atoms with Gasteiger partial charge in [0.2, 0.25) is 0 Å². The molecule has 7 heteroatoms. The Morgan fingerprint density at radius 3 is 2.52 bits per heavy atom. The SMILES string of the molecule is C=CCn1c(SCC(=O)c2cc(C)n(CC)c2C)nnc1-c1ccc(OC)cc1. The molecule has 0 N–H and O–H groups in total. The first-order valence-corrected chi connectivity index (χ1v) is 10.5. The largest absolute Gasteiger partial charge is 0.497 e. The first-order chi connectivity index (χ1) is 14.0. The smallest absolute Gasteiger partial charge is 0.192 e. The molecule has 1 aromatic carbocycles. The van der Waals surface area contributed by atoms with E-state index in [0.29, 0.717) is 17.5 Å². The normalized spacial score (nSPS) is 10.9. The van der Waals surface area contributed by atoms with Crippen LogP contribution in [0.3, 0.4) is 0 Å². The highest BCUT2D eigenvalue weighted by Crippen LogP contribution is 2.27. The summed E-state index contributed by atoms with van der Waals surface area (Å²) in [6, 6.07) is 9.65. The third-order valence-electron chi connectivity index (χ3n) is 4.90. The summed E-state index contributed by atoms with van der Waals surface area (Å²) in [5.74, 6) is 1.94. The first kappa shape index (κ1) is 20.9. The number of ketones is 1. The molecule has 152 valence electrons. The third-order valence-corrected chi connectivity index (χ3v) is 5.87. The Morgan fingerprint density at radius 2 is 1.93 bits per heavy atom. The van der Waals surface area contributed by atoms with Crippen LogP contribution in [0.15, 0.2) is 48.1 Å². The molecule has 0 saturated heterocycles. The standard InChI is InChI=1S/C22H26N4O2S/c1-6-12-26-21(17-8-10-18(28-5)11-9-17)23-24-22(26)29-14-20(27)19-13-15(3)25(7-2)16(19)4/h6,8-11,13H,1,7,12,14H2,2-5H3. The van der Waals surface area contributed by atoms with Crippen LogP contribution in [-0.4, -0.2) is 38.0 Å². The third kappa shape index (κ3) is 4.29. The molecule has 0 aliphatic rings. The van der Waals surface area contributed by atoms with Gasteiger partial charge in [-0.2, -0.15) is 0 Å². The Morgan fingerprint density at radius 1 is 1.21 bits per heavy atom. The van der Waals surface area contributed by atoms with Crippen LogP contribution in [0.4, 0.5) is 0 Å². The van der Waals surface area contributed by atoms with E-state index in [1.165, 1.54) is 11.8 Å². The number of methoxy groups -OCH3 is 1. The molecule has 0 unspecified atom stereocenters. The molecule has 0 fully saturated rings. The van der Waals surface area contributed by atoms with Crippen molar-refractivity contribution >= 4 is 17.5 Å². The van der Waals surface area contributed by atoms with E-state index in [9.17, 15) is 4.79 Å². The Labute approximate surface area is 175 Å². The van der Waals surface area contributed by atoms with Crippen LogP contribution in [0.25, 0.3) is 11.4 Å². The van der Waals surface area contributed by atoms with Gasteiger partial charge in [-0.1, -0.05) is 17.8 Å². The molecule has 29 heavy (non-hydrogen) atoms. The highest BCUT2D eigenvalue weighted by atomic mass is 32.2. The van der Waals surface area contributed by atoms with Crippen molar-refractivity contribution < 1.29 is 9.53 Å². The quantitative estimate of drug-likeness (QED) is 0.294. The second-order valence-electron chi connectivity index (χ2n) is 6.67. The predicted molar refractivity (Wildman–Crippen MR) is 117 cm³/mol. The molecular formula is C22H26N4O2S. The number of allylic oxidation sites excluding steroid dienone is 1. The van der Waals surface area contributed by atoms with Gasteiger partial charge in [-0.05, 0) is 51.1 Å². The zero-order chi connectivity index (χ0) is 21.0.